The van der Waals surface area contributed by atoms with Crippen LogP contribution in [0.2, 0.25) is 0 Å². The molecule has 0 aliphatic carbocycles. The monoisotopic (exact) mass is 298 g/mol. The highest BCUT2D eigenvalue weighted by atomic mass is 79.9. The number of amides is 1. The van der Waals surface area contributed by atoms with Crippen LogP contribution >= 0.6 is 15.9 Å². The van der Waals surface area contributed by atoms with Gasteiger partial charge in [0.1, 0.15) is 0 Å². The summed E-state index contributed by atoms with van der Waals surface area (Å²) in [7, 11) is 0. The van der Waals surface area contributed by atoms with E-state index in [1.54, 1.807) is 0 Å². The number of carbonyl (C=O) groups is 1. The normalized spacial score (nSPS) is 12.2. The van der Waals surface area contributed by atoms with E-state index in [9.17, 15) is 4.79 Å². The summed E-state index contributed by atoms with van der Waals surface area (Å²) in [4.78, 5) is 11.6. The Morgan fingerprint density at radius 2 is 2.18 bits per heavy atom. The molecule has 1 aromatic rings. The summed E-state index contributed by atoms with van der Waals surface area (Å²) in [6, 6.07) is 6.16. The third-order valence-corrected chi connectivity index (χ3v) is 3.53. The van der Waals surface area contributed by atoms with Gasteiger partial charge in [-0.1, -0.05) is 28.9 Å². The first kappa shape index (κ1) is 14.2. The standard InChI is InChI=1S/C13H19BrN2O/c1-4-10(3)15-8-13(17)16-11-6-5-9(2)12(14)7-11/h5-7,10,15H,4,8H2,1-3H3,(H,16,17). The minimum Gasteiger partial charge on any atom is -0.325 e. The fraction of sp³-hybridized carbons (Fsp3) is 0.462. The SMILES string of the molecule is CCC(C)NCC(=O)Nc1ccc(C)c(Br)c1. The van der Waals surface area contributed by atoms with Crippen LogP contribution in [0, 0.1) is 6.92 Å². The number of anilines is 1. The zero-order chi connectivity index (χ0) is 12.8. The quantitative estimate of drug-likeness (QED) is 0.877. The van der Waals surface area contributed by atoms with Crippen LogP contribution in [0.1, 0.15) is 25.8 Å². The lowest BCUT2D eigenvalue weighted by atomic mass is 10.2. The summed E-state index contributed by atoms with van der Waals surface area (Å²) in [5.41, 5.74) is 1.97. The molecule has 0 saturated heterocycles. The highest BCUT2D eigenvalue weighted by Gasteiger charge is 2.05. The van der Waals surface area contributed by atoms with E-state index in [0.717, 1.165) is 22.1 Å². The Bertz CT molecular complexity index is 393. The second-order valence-electron chi connectivity index (χ2n) is 4.20. The fourth-order valence-corrected chi connectivity index (χ4v) is 1.67. The molecule has 3 nitrogen and oxygen atoms in total. The van der Waals surface area contributed by atoms with Crippen LogP contribution in [0.25, 0.3) is 0 Å². The van der Waals surface area contributed by atoms with E-state index < -0.39 is 0 Å². The minimum atomic E-state index is -0.0129. The topological polar surface area (TPSA) is 41.1 Å². The highest BCUT2D eigenvalue weighted by molar-refractivity contribution is 9.10. The van der Waals surface area contributed by atoms with E-state index in [4.69, 9.17) is 0 Å². The molecule has 1 atom stereocenters. The number of halogens is 1. The van der Waals surface area contributed by atoms with Gasteiger partial charge < -0.3 is 10.6 Å². The molecule has 1 aromatic carbocycles. The van der Waals surface area contributed by atoms with Crippen LogP contribution in [0.3, 0.4) is 0 Å². The summed E-state index contributed by atoms with van der Waals surface area (Å²) in [6.07, 6.45) is 1.02. The summed E-state index contributed by atoms with van der Waals surface area (Å²) < 4.78 is 1.00. The molecular formula is C13H19BrN2O. The van der Waals surface area contributed by atoms with E-state index in [1.807, 2.05) is 25.1 Å². The number of benzene rings is 1. The zero-order valence-electron chi connectivity index (χ0n) is 10.5. The summed E-state index contributed by atoms with van der Waals surface area (Å²) in [6.45, 7) is 6.52. The van der Waals surface area contributed by atoms with Crippen LogP contribution in [0.15, 0.2) is 22.7 Å². The molecule has 1 unspecified atom stereocenters. The molecule has 0 bridgehead atoms. The van der Waals surface area contributed by atoms with E-state index in [2.05, 4.69) is 40.4 Å². The largest absolute Gasteiger partial charge is 0.325 e. The molecule has 0 aliphatic rings. The first-order valence-corrected chi connectivity index (χ1v) is 6.61. The molecule has 17 heavy (non-hydrogen) atoms. The van der Waals surface area contributed by atoms with Gasteiger partial charge in [0.2, 0.25) is 5.91 Å². The molecule has 1 rings (SSSR count). The van der Waals surface area contributed by atoms with Gasteiger partial charge in [0.25, 0.3) is 0 Å². The zero-order valence-corrected chi connectivity index (χ0v) is 12.1. The van der Waals surface area contributed by atoms with Crippen molar-refractivity contribution in [1.29, 1.82) is 0 Å². The van der Waals surface area contributed by atoms with Crippen molar-refractivity contribution >= 4 is 27.5 Å². The highest BCUT2D eigenvalue weighted by Crippen LogP contribution is 2.20. The van der Waals surface area contributed by atoms with Gasteiger partial charge in [-0.25, -0.2) is 0 Å². The van der Waals surface area contributed by atoms with Crippen LogP contribution in [-0.2, 0) is 4.79 Å². The van der Waals surface area contributed by atoms with Crippen molar-refractivity contribution in [1.82, 2.24) is 5.32 Å². The molecule has 94 valence electrons. The Kier molecular flexibility index (Phi) is 5.65. The number of hydrogen-bond donors (Lipinski definition) is 2. The third-order valence-electron chi connectivity index (χ3n) is 2.68. The van der Waals surface area contributed by atoms with Gasteiger partial charge in [-0.15, -0.1) is 0 Å². The smallest absolute Gasteiger partial charge is 0.238 e. The van der Waals surface area contributed by atoms with E-state index in [1.165, 1.54) is 0 Å². The van der Waals surface area contributed by atoms with Crippen LogP contribution in [-0.4, -0.2) is 18.5 Å². The Morgan fingerprint density at radius 1 is 1.47 bits per heavy atom. The molecular weight excluding hydrogens is 280 g/mol. The number of carbonyl (C=O) groups excluding carboxylic acids is 1. The molecule has 0 fully saturated rings. The van der Waals surface area contributed by atoms with Crippen LogP contribution in [0.4, 0.5) is 5.69 Å². The summed E-state index contributed by atoms with van der Waals surface area (Å²) in [5.74, 6) is -0.0129. The number of rotatable bonds is 5. The lowest BCUT2D eigenvalue weighted by Crippen LogP contribution is -2.33. The van der Waals surface area contributed by atoms with Crippen LogP contribution in [0.5, 0.6) is 0 Å². The van der Waals surface area contributed by atoms with Gasteiger partial charge in [0.15, 0.2) is 0 Å². The second kappa shape index (κ2) is 6.77. The lowest BCUT2D eigenvalue weighted by molar-refractivity contribution is -0.115. The lowest BCUT2D eigenvalue weighted by Gasteiger charge is -2.11. The molecule has 4 heteroatoms. The predicted molar refractivity (Wildman–Crippen MR) is 75.3 cm³/mol. The van der Waals surface area contributed by atoms with Gasteiger partial charge in [0, 0.05) is 16.2 Å². The first-order chi connectivity index (χ1) is 8.02. The van der Waals surface area contributed by atoms with Crippen molar-refractivity contribution in [3.05, 3.63) is 28.2 Å². The van der Waals surface area contributed by atoms with Crippen molar-refractivity contribution in [3.63, 3.8) is 0 Å². The van der Waals surface area contributed by atoms with Crippen molar-refractivity contribution in [2.75, 3.05) is 11.9 Å². The average Bonchev–Trinajstić information content (AvgIpc) is 2.31. The molecule has 0 aromatic heterocycles. The van der Waals surface area contributed by atoms with Crippen molar-refractivity contribution in [3.8, 4) is 0 Å². The van der Waals surface area contributed by atoms with E-state index in [-0.39, 0.29) is 5.91 Å². The van der Waals surface area contributed by atoms with Gasteiger partial charge in [-0.3, -0.25) is 4.79 Å². The second-order valence-corrected chi connectivity index (χ2v) is 5.06. The minimum absolute atomic E-state index is 0.0129. The average molecular weight is 299 g/mol. The molecule has 0 saturated carbocycles. The fourth-order valence-electron chi connectivity index (χ4n) is 1.29. The molecule has 1 amide bonds. The number of nitrogens with one attached hydrogen (secondary N) is 2. The van der Waals surface area contributed by atoms with Gasteiger partial charge in [0.05, 0.1) is 6.54 Å². The maximum Gasteiger partial charge on any atom is 0.238 e. The maximum absolute atomic E-state index is 11.6. The predicted octanol–water partition coefficient (Wildman–Crippen LogP) is 3.08. The van der Waals surface area contributed by atoms with Crippen LogP contribution < -0.4 is 10.6 Å². The van der Waals surface area contributed by atoms with Gasteiger partial charge >= 0.3 is 0 Å². The Labute approximate surface area is 111 Å². The van der Waals surface area contributed by atoms with E-state index in [0.29, 0.717) is 12.6 Å². The maximum atomic E-state index is 11.6. The van der Waals surface area contributed by atoms with Crippen molar-refractivity contribution in [2.45, 2.75) is 33.2 Å². The first-order valence-electron chi connectivity index (χ1n) is 5.82. The molecule has 0 aliphatic heterocycles. The Hall–Kier alpha value is -0.870. The molecule has 0 spiro atoms. The summed E-state index contributed by atoms with van der Waals surface area (Å²) >= 11 is 3.44. The van der Waals surface area contributed by atoms with E-state index >= 15 is 0 Å². The molecule has 2 N–H and O–H groups in total. The number of hydrogen-bond acceptors (Lipinski definition) is 2. The Morgan fingerprint density at radius 3 is 2.76 bits per heavy atom. The number of aryl methyl sites for hydroxylation is 1. The van der Waals surface area contributed by atoms with Crippen molar-refractivity contribution in [2.24, 2.45) is 0 Å². The van der Waals surface area contributed by atoms with Gasteiger partial charge in [-0.2, -0.15) is 0 Å². The molecule has 0 heterocycles. The summed E-state index contributed by atoms with van der Waals surface area (Å²) in [5, 5.41) is 6.01. The third kappa shape index (κ3) is 4.88. The van der Waals surface area contributed by atoms with Crippen molar-refractivity contribution < 1.29 is 4.79 Å². The molecule has 0 radical (unpaired) electrons. The van der Waals surface area contributed by atoms with Gasteiger partial charge in [-0.05, 0) is 38.0 Å². The Balaban J connectivity index is 2.48.